The highest BCUT2D eigenvalue weighted by Gasteiger charge is 2.15. The Labute approximate surface area is 111 Å². The summed E-state index contributed by atoms with van der Waals surface area (Å²) in [6.45, 7) is 1.95. The number of hydrogen-bond donors (Lipinski definition) is 1. The van der Waals surface area contributed by atoms with Crippen molar-refractivity contribution in [3.05, 3.63) is 53.7 Å². The molecule has 5 nitrogen and oxygen atoms in total. The molecular formula is C14H16N4O. The first-order valence-electron chi connectivity index (χ1n) is 6.25. The average molecular weight is 256 g/mol. The van der Waals surface area contributed by atoms with Crippen molar-refractivity contribution in [2.45, 2.75) is 19.4 Å². The summed E-state index contributed by atoms with van der Waals surface area (Å²) in [6, 6.07) is 7.78. The van der Waals surface area contributed by atoms with Crippen LogP contribution in [0.25, 0.3) is 5.65 Å². The van der Waals surface area contributed by atoms with Crippen molar-refractivity contribution in [2.75, 3.05) is 0 Å². The van der Waals surface area contributed by atoms with E-state index in [1.54, 1.807) is 4.68 Å². The molecule has 3 aromatic rings. The van der Waals surface area contributed by atoms with Crippen LogP contribution in [0.1, 0.15) is 23.2 Å². The highest BCUT2D eigenvalue weighted by molar-refractivity contribution is 5.39. The minimum absolute atomic E-state index is 0.515. The fourth-order valence-corrected chi connectivity index (χ4v) is 2.27. The SMILES string of the molecule is Cc1cc(CC(O)c2cn3ccccc3n2)n(C)n1. The van der Waals surface area contributed by atoms with Crippen LogP contribution in [0.3, 0.4) is 0 Å². The standard InChI is InChI=1S/C14H16N4O/c1-10-7-11(17(2)16-10)8-13(19)12-9-18-6-4-3-5-14(18)15-12/h3-7,9,13,19H,8H2,1-2H3. The van der Waals surface area contributed by atoms with Crippen molar-refractivity contribution in [1.82, 2.24) is 19.2 Å². The summed E-state index contributed by atoms with van der Waals surface area (Å²) in [6.07, 6.45) is 3.69. The highest BCUT2D eigenvalue weighted by atomic mass is 16.3. The minimum atomic E-state index is -0.616. The van der Waals surface area contributed by atoms with Crippen LogP contribution in [0.5, 0.6) is 0 Å². The molecular weight excluding hydrogens is 240 g/mol. The molecule has 1 unspecified atom stereocenters. The monoisotopic (exact) mass is 256 g/mol. The van der Waals surface area contributed by atoms with E-state index in [4.69, 9.17) is 0 Å². The van der Waals surface area contributed by atoms with Gasteiger partial charge in [-0.15, -0.1) is 0 Å². The van der Waals surface area contributed by atoms with Crippen LogP contribution < -0.4 is 0 Å². The van der Waals surface area contributed by atoms with E-state index in [0.29, 0.717) is 12.1 Å². The van der Waals surface area contributed by atoms with Gasteiger partial charge in [0.15, 0.2) is 0 Å². The molecule has 5 heteroatoms. The fraction of sp³-hybridized carbons (Fsp3) is 0.286. The van der Waals surface area contributed by atoms with Crippen molar-refractivity contribution in [3.63, 3.8) is 0 Å². The summed E-state index contributed by atoms with van der Waals surface area (Å²) in [5.41, 5.74) is 3.49. The molecule has 0 amide bonds. The lowest BCUT2D eigenvalue weighted by atomic mass is 10.1. The van der Waals surface area contributed by atoms with Crippen molar-refractivity contribution >= 4 is 5.65 Å². The largest absolute Gasteiger partial charge is 0.386 e. The van der Waals surface area contributed by atoms with E-state index in [-0.39, 0.29) is 0 Å². The number of fused-ring (bicyclic) bond motifs is 1. The first kappa shape index (κ1) is 11.9. The first-order valence-corrected chi connectivity index (χ1v) is 6.25. The molecule has 0 aliphatic heterocycles. The average Bonchev–Trinajstić information content (AvgIpc) is 2.93. The lowest BCUT2D eigenvalue weighted by molar-refractivity contribution is 0.171. The zero-order chi connectivity index (χ0) is 13.4. The van der Waals surface area contributed by atoms with Gasteiger partial charge < -0.3 is 9.51 Å². The predicted octanol–water partition coefficient (Wildman–Crippen LogP) is 1.65. The molecule has 1 N–H and O–H groups in total. The smallest absolute Gasteiger partial charge is 0.137 e. The van der Waals surface area contributed by atoms with Crippen molar-refractivity contribution in [1.29, 1.82) is 0 Å². The topological polar surface area (TPSA) is 55.4 Å². The van der Waals surface area contributed by atoms with Crippen LogP contribution in [0.15, 0.2) is 36.7 Å². The van der Waals surface area contributed by atoms with Gasteiger partial charge in [-0.3, -0.25) is 4.68 Å². The van der Waals surface area contributed by atoms with Crippen LogP contribution in [0, 0.1) is 6.92 Å². The number of aliphatic hydroxyl groups is 1. The summed E-state index contributed by atoms with van der Waals surface area (Å²) < 4.78 is 3.71. The van der Waals surface area contributed by atoms with Gasteiger partial charge in [0.1, 0.15) is 11.8 Å². The molecule has 0 bridgehead atoms. The van der Waals surface area contributed by atoms with Gasteiger partial charge in [-0.05, 0) is 25.1 Å². The Morgan fingerprint density at radius 1 is 1.37 bits per heavy atom. The molecule has 0 aromatic carbocycles. The third kappa shape index (κ3) is 2.24. The Kier molecular flexibility index (Phi) is 2.83. The third-order valence-electron chi connectivity index (χ3n) is 3.23. The van der Waals surface area contributed by atoms with Gasteiger partial charge in [-0.25, -0.2) is 4.98 Å². The summed E-state index contributed by atoms with van der Waals surface area (Å²) in [7, 11) is 1.89. The molecule has 98 valence electrons. The molecule has 3 heterocycles. The van der Waals surface area contributed by atoms with Gasteiger partial charge in [0.2, 0.25) is 0 Å². The van der Waals surface area contributed by atoms with Gasteiger partial charge in [0.25, 0.3) is 0 Å². The van der Waals surface area contributed by atoms with Crippen LogP contribution in [-0.4, -0.2) is 24.3 Å². The van der Waals surface area contributed by atoms with Crippen LogP contribution in [0.2, 0.25) is 0 Å². The number of aromatic nitrogens is 4. The molecule has 1 atom stereocenters. The summed E-state index contributed by atoms with van der Waals surface area (Å²) >= 11 is 0. The second-order valence-electron chi connectivity index (χ2n) is 4.75. The molecule has 0 radical (unpaired) electrons. The Morgan fingerprint density at radius 3 is 2.89 bits per heavy atom. The van der Waals surface area contributed by atoms with Crippen molar-refractivity contribution in [2.24, 2.45) is 7.05 Å². The van der Waals surface area contributed by atoms with E-state index in [2.05, 4.69) is 10.1 Å². The Hall–Kier alpha value is -2.14. The number of rotatable bonds is 3. The highest BCUT2D eigenvalue weighted by Crippen LogP contribution is 2.18. The number of hydrogen-bond acceptors (Lipinski definition) is 3. The third-order valence-corrected chi connectivity index (χ3v) is 3.23. The van der Waals surface area contributed by atoms with Crippen molar-refractivity contribution in [3.8, 4) is 0 Å². The lowest BCUT2D eigenvalue weighted by Gasteiger charge is -2.07. The fourth-order valence-electron chi connectivity index (χ4n) is 2.27. The Balaban J connectivity index is 1.87. The normalized spacial score (nSPS) is 13.0. The maximum Gasteiger partial charge on any atom is 0.137 e. The van der Waals surface area contributed by atoms with Crippen molar-refractivity contribution < 1.29 is 5.11 Å². The molecule has 19 heavy (non-hydrogen) atoms. The van der Waals surface area contributed by atoms with Gasteiger partial charge in [-0.2, -0.15) is 5.10 Å². The number of aryl methyl sites for hydroxylation is 2. The first-order chi connectivity index (χ1) is 9.13. The zero-order valence-electron chi connectivity index (χ0n) is 11.0. The number of imidazole rings is 1. The van der Waals surface area contributed by atoms with Gasteiger partial charge in [-0.1, -0.05) is 6.07 Å². The predicted molar refractivity (Wildman–Crippen MR) is 71.8 cm³/mol. The van der Waals surface area contributed by atoms with Crippen LogP contribution in [0.4, 0.5) is 0 Å². The molecule has 0 spiro atoms. The molecule has 0 saturated carbocycles. The van der Waals surface area contributed by atoms with E-state index >= 15 is 0 Å². The second-order valence-corrected chi connectivity index (χ2v) is 4.75. The maximum atomic E-state index is 10.3. The molecule has 3 rings (SSSR count). The Morgan fingerprint density at radius 2 is 2.21 bits per heavy atom. The maximum absolute atomic E-state index is 10.3. The summed E-state index contributed by atoms with van der Waals surface area (Å²) in [5, 5.41) is 14.6. The van der Waals surface area contributed by atoms with Gasteiger partial charge in [0, 0.05) is 31.6 Å². The second kappa shape index (κ2) is 4.51. The van der Waals surface area contributed by atoms with E-state index in [9.17, 15) is 5.11 Å². The molecule has 0 fully saturated rings. The summed E-state index contributed by atoms with van der Waals surface area (Å²) in [4.78, 5) is 4.43. The molecule has 3 aromatic heterocycles. The van der Waals surface area contributed by atoms with E-state index < -0.39 is 6.10 Å². The quantitative estimate of drug-likeness (QED) is 0.775. The number of aliphatic hydroxyl groups excluding tert-OH is 1. The van der Waals surface area contributed by atoms with E-state index in [1.807, 2.05) is 55.0 Å². The Bertz CT molecular complexity index is 680. The van der Waals surface area contributed by atoms with Crippen LogP contribution >= 0.6 is 0 Å². The molecule has 0 aliphatic carbocycles. The van der Waals surface area contributed by atoms with E-state index in [1.165, 1.54) is 0 Å². The van der Waals surface area contributed by atoms with Gasteiger partial charge >= 0.3 is 0 Å². The zero-order valence-corrected chi connectivity index (χ0v) is 11.0. The van der Waals surface area contributed by atoms with E-state index in [0.717, 1.165) is 17.0 Å². The van der Waals surface area contributed by atoms with Crippen LogP contribution in [-0.2, 0) is 13.5 Å². The molecule has 0 aliphatic rings. The molecule has 0 saturated heterocycles. The number of nitrogens with zero attached hydrogens (tertiary/aromatic N) is 4. The lowest BCUT2D eigenvalue weighted by Crippen LogP contribution is -2.06. The summed E-state index contributed by atoms with van der Waals surface area (Å²) in [5.74, 6) is 0. The minimum Gasteiger partial charge on any atom is -0.386 e. The number of pyridine rings is 1. The van der Waals surface area contributed by atoms with Gasteiger partial charge in [0.05, 0.1) is 11.4 Å².